The Kier molecular flexibility index (Phi) is 4.98. The molecule has 0 spiro atoms. The second-order valence-corrected chi connectivity index (χ2v) is 8.26. The SMILES string of the molecule is Cc1nc2c(c(N3CCC(Cn4cnc(C(C)C)cc4=O)CC3)n1)CCC2. The molecule has 144 valence electrons. The second-order valence-electron chi connectivity index (χ2n) is 8.26. The standard InChI is InChI=1S/C21H29N5O/c1-14(2)19-11-20(27)26(13-22-19)12-16-7-9-25(10-8-16)21-17-5-4-6-18(17)23-15(3)24-21/h11,13-14,16H,4-10,12H2,1-3H3. The van der Waals surface area contributed by atoms with E-state index in [2.05, 4.69) is 28.7 Å². The van der Waals surface area contributed by atoms with Crippen LogP contribution in [-0.2, 0) is 19.4 Å². The summed E-state index contributed by atoms with van der Waals surface area (Å²) >= 11 is 0. The molecule has 0 aromatic carbocycles. The van der Waals surface area contributed by atoms with E-state index in [0.717, 1.165) is 62.7 Å². The molecule has 6 nitrogen and oxygen atoms in total. The Morgan fingerprint density at radius 2 is 1.96 bits per heavy atom. The molecule has 4 rings (SSSR count). The molecule has 1 fully saturated rings. The van der Waals surface area contributed by atoms with Gasteiger partial charge >= 0.3 is 0 Å². The van der Waals surface area contributed by atoms with Gasteiger partial charge in [-0.25, -0.2) is 15.0 Å². The second kappa shape index (κ2) is 7.41. The van der Waals surface area contributed by atoms with E-state index in [-0.39, 0.29) is 11.5 Å². The van der Waals surface area contributed by atoms with Crippen LogP contribution in [0.25, 0.3) is 0 Å². The van der Waals surface area contributed by atoms with E-state index in [1.165, 1.54) is 17.7 Å². The molecular formula is C21H29N5O. The van der Waals surface area contributed by atoms with Gasteiger partial charge in [-0.3, -0.25) is 9.36 Å². The Balaban J connectivity index is 1.42. The minimum Gasteiger partial charge on any atom is -0.356 e. The Hall–Kier alpha value is -2.24. The number of rotatable bonds is 4. The van der Waals surface area contributed by atoms with Crippen molar-refractivity contribution >= 4 is 5.82 Å². The lowest BCUT2D eigenvalue weighted by atomic mass is 9.96. The lowest BCUT2D eigenvalue weighted by Gasteiger charge is -2.34. The summed E-state index contributed by atoms with van der Waals surface area (Å²) in [6.45, 7) is 8.88. The van der Waals surface area contributed by atoms with Gasteiger partial charge in [0.15, 0.2) is 0 Å². The first-order valence-electron chi connectivity index (χ1n) is 10.2. The average molecular weight is 367 g/mol. The van der Waals surface area contributed by atoms with E-state index in [1.54, 1.807) is 17.0 Å². The lowest BCUT2D eigenvalue weighted by molar-refractivity contribution is 0.349. The van der Waals surface area contributed by atoms with Crippen LogP contribution in [0.1, 0.15) is 61.8 Å². The first-order chi connectivity index (χ1) is 13.0. The number of aryl methyl sites for hydroxylation is 2. The predicted molar refractivity (Wildman–Crippen MR) is 106 cm³/mol. The van der Waals surface area contributed by atoms with Crippen LogP contribution in [0.2, 0.25) is 0 Å². The number of fused-ring (bicyclic) bond motifs is 1. The topological polar surface area (TPSA) is 63.9 Å². The van der Waals surface area contributed by atoms with Gasteiger partial charge in [0.25, 0.3) is 5.56 Å². The largest absolute Gasteiger partial charge is 0.356 e. The van der Waals surface area contributed by atoms with Crippen molar-refractivity contribution in [3.05, 3.63) is 45.5 Å². The van der Waals surface area contributed by atoms with Crippen LogP contribution in [0.15, 0.2) is 17.2 Å². The molecule has 1 aliphatic carbocycles. The van der Waals surface area contributed by atoms with Crippen molar-refractivity contribution in [1.82, 2.24) is 19.5 Å². The highest BCUT2D eigenvalue weighted by molar-refractivity contribution is 5.51. The molecule has 6 heteroatoms. The number of anilines is 1. The fourth-order valence-corrected chi connectivity index (χ4v) is 4.29. The van der Waals surface area contributed by atoms with Gasteiger partial charge in [0.2, 0.25) is 0 Å². The summed E-state index contributed by atoms with van der Waals surface area (Å²) in [6, 6.07) is 1.69. The summed E-state index contributed by atoms with van der Waals surface area (Å²) in [5, 5.41) is 0. The summed E-state index contributed by atoms with van der Waals surface area (Å²) in [7, 11) is 0. The van der Waals surface area contributed by atoms with E-state index in [0.29, 0.717) is 5.92 Å². The summed E-state index contributed by atoms with van der Waals surface area (Å²) in [5.41, 5.74) is 3.56. The molecule has 0 unspecified atom stereocenters. The van der Waals surface area contributed by atoms with E-state index in [9.17, 15) is 4.79 Å². The Morgan fingerprint density at radius 3 is 2.67 bits per heavy atom. The number of hydrogen-bond donors (Lipinski definition) is 0. The van der Waals surface area contributed by atoms with Crippen molar-refractivity contribution in [3.8, 4) is 0 Å². The van der Waals surface area contributed by atoms with Crippen LogP contribution in [0.3, 0.4) is 0 Å². The summed E-state index contributed by atoms with van der Waals surface area (Å²) in [5.74, 6) is 2.85. The molecule has 2 aliphatic rings. The molecule has 0 amide bonds. The lowest BCUT2D eigenvalue weighted by Crippen LogP contribution is -2.37. The van der Waals surface area contributed by atoms with Crippen molar-refractivity contribution in [2.45, 2.75) is 65.3 Å². The molecule has 2 aromatic heterocycles. The molecule has 0 N–H and O–H groups in total. The van der Waals surface area contributed by atoms with E-state index in [4.69, 9.17) is 4.98 Å². The zero-order chi connectivity index (χ0) is 19.0. The van der Waals surface area contributed by atoms with Crippen molar-refractivity contribution in [1.29, 1.82) is 0 Å². The van der Waals surface area contributed by atoms with Crippen molar-refractivity contribution in [2.75, 3.05) is 18.0 Å². The number of aromatic nitrogens is 4. The van der Waals surface area contributed by atoms with E-state index in [1.807, 2.05) is 6.92 Å². The Bertz CT molecular complexity index is 881. The van der Waals surface area contributed by atoms with Gasteiger partial charge in [-0.15, -0.1) is 0 Å². The first kappa shape index (κ1) is 18.1. The Labute approximate surface area is 160 Å². The van der Waals surface area contributed by atoms with Crippen molar-refractivity contribution < 1.29 is 0 Å². The zero-order valence-electron chi connectivity index (χ0n) is 16.6. The summed E-state index contributed by atoms with van der Waals surface area (Å²) in [4.78, 5) is 28.6. The van der Waals surface area contributed by atoms with Crippen LogP contribution in [-0.4, -0.2) is 32.6 Å². The van der Waals surface area contributed by atoms with E-state index < -0.39 is 0 Å². The molecule has 0 atom stereocenters. The quantitative estimate of drug-likeness (QED) is 0.831. The molecule has 0 bridgehead atoms. The maximum Gasteiger partial charge on any atom is 0.253 e. The number of piperidine rings is 1. The molecule has 1 aliphatic heterocycles. The third-order valence-corrected chi connectivity index (χ3v) is 5.88. The molecular weight excluding hydrogens is 338 g/mol. The highest BCUT2D eigenvalue weighted by Crippen LogP contribution is 2.31. The van der Waals surface area contributed by atoms with Gasteiger partial charge in [0.05, 0.1) is 12.0 Å². The minimum absolute atomic E-state index is 0.0698. The number of hydrogen-bond acceptors (Lipinski definition) is 5. The van der Waals surface area contributed by atoms with Crippen molar-refractivity contribution in [2.24, 2.45) is 5.92 Å². The van der Waals surface area contributed by atoms with Gasteiger partial charge in [0.1, 0.15) is 11.6 Å². The highest BCUT2D eigenvalue weighted by Gasteiger charge is 2.26. The van der Waals surface area contributed by atoms with Crippen LogP contribution in [0.4, 0.5) is 5.82 Å². The highest BCUT2D eigenvalue weighted by atomic mass is 16.1. The molecule has 0 saturated carbocycles. The van der Waals surface area contributed by atoms with E-state index >= 15 is 0 Å². The molecule has 1 saturated heterocycles. The van der Waals surface area contributed by atoms with Crippen LogP contribution < -0.4 is 10.5 Å². The monoisotopic (exact) mass is 367 g/mol. The van der Waals surface area contributed by atoms with Crippen molar-refractivity contribution in [3.63, 3.8) is 0 Å². The maximum atomic E-state index is 12.4. The first-order valence-corrected chi connectivity index (χ1v) is 10.2. The molecule has 2 aromatic rings. The minimum atomic E-state index is 0.0698. The van der Waals surface area contributed by atoms with Gasteiger partial charge in [-0.1, -0.05) is 13.8 Å². The molecule has 0 radical (unpaired) electrons. The van der Waals surface area contributed by atoms with Gasteiger partial charge in [0, 0.05) is 37.0 Å². The van der Waals surface area contributed by atoms with Gasteiger partial charge in [-0.2, -0.15) is 0 Å². The average Bonchev–Trinajstić information content (AvgIpc) is 3.11. The van der Waals surface area contributed by atoms with Crippen LogP contribution >= 0.6 is 0 Å². The summed E-state index contributed by atoms with van der Waals surface area (Å²) in [6.07, 6.45) is 7.27. The zero-order valence-corrected chi connectivity index (χ0v) is 16.6. The fourth-order valence-electron chi connectivity index (χ4n) is 4.29. The molecule has 27 heavy (non-hydrogen) atoms. The van der Waals surface area contributed by atoms with Gasteiger partial charge < -0.3 is 4.90 Å². The molecule has 3 heterocycles. The van der Waals surface area contributed by atoms with Gasteiger partial charge in [-0.05, 0) is 50.9 Å². The summed E-state index contributed by atoms with van der Waals surface area (Å²) < 4.78 is 1.78. The van der Waals surface area contributed by atoms with Crippen LogP contribution in [0.5, 0.6) is 0 Å². The third-order valence-electron chi connectivity index (χ3n) is 5.88. The maximum absolute atomic E-state index is 12.4. The predicted octanol–water partition coefficient (Wildman–Crippen LogP) is 2.87. The smallest absolute Gasteiger partial charge is 0.253 e. The normalized spacial score (nSPS) is 17.6. The van der Waals surface area contributed by atoms with Crippen LogP contribution in [0, 0.1) is 12.8 Å². The fraction of sp³-hybridized carbons (Fsp3) is 0.619. The third kappa shape index (κ3) is 3.75. The number of nitrogens with zero attached hydrogens (tertiary/aromatic N) is 5. The Morgan fingerprint density at radius 1 is 1.19 bits per heavy atom.